The molecule has 2 N–H and O–H groups in total. The first-order valence-corrected chi connectivity index (χ1v) is 11.5. The van der Waals surface area contributed by atoms with Gasteiger partial charge in [-0.1, -0.05) is 41.4 Å². The van der Waals surface area contributed by atoms with E-state index < -0.39 is 23.7 Å². The van der Waals surface area contributed by atoms with Gasteiger partial charge in [0.15, 0.2) is 0 Å². The lowest BCUT2D eigenvalue weighted by atomic mass is 10.1. The standard InChI is InChI=1S/C26H19Cl2N3O5/c1-2-36-26(35)16-7-4-10-19(13-16)30-23(32)15-6-3-9-18(12-15)29-22-21(28)24(33)31(25(22)34)20-11-5-8-17(27)14-20/h3-14,29H,2H2,1H3,(H,30,32). The maximum Gasteiger partial charge on any atom is 0.338 e. The van der Waals surface area contributed by atoms with Crippen molar-refractivity contribution in [2.75, 3.05) is 22.1 Å². The van der Waals surface area contributed by atoms with E-state index >= 15 is 0 Å². The van der Waals surface area contributed by atoms with Crippen molar-refractivity contribution in [2.24, 2.45) is 0 Å². The van der Waals surface area contributed by atoms with Crippen molar-refractivity contribution in [3.05, 3.63) is 99.7 Å². The summed E-state index contributed by atoms with van der Waals surface area (Å²) in [4.78, 5) is 51.3. The van der Waals surface area contributed by atoms with Crippen LogP contribution in [0, 0.1) is 0 Å². The number of nitrogens with one attached hydrogen (secondary N) is 2. The fourth-order valence-electron chi connectivity index (χ4n) is 3.49. The molecule has 0 fully saturated rings. The van der Waals surface area contributed by atoms with Crippen LogP contribution in [0.5, 0.6) is 0 Å². The second-order valence-corrected chi connectivity index (χ2v) is 8.39. The minimum Gasteiger partial charge on any atom is -0.462 e. The van der Waals surface area contributed by atoms with Crippen molar-refractivity contribution < 1.29 is 23.9 Å². The van der Waals surface area contributed by atoms with Crippen LogP contribution in [-0.2, 0) is 14.3 Å². The van der Waals surface area contributed by atoms with Crippen LogP contribution in [0.25, 0.3) is 0 Å². The Bertz CT molecular complexity index is 1420. The molecule has 3 aromatic rings. The van der Waals surface area contributed by atoms with Gasteiger partial charge in [0.25, 0.3) is 17.7 Å². The van der Waals surface area contributed by atoms with Crippen molar-refractivity contribution in [3.63, 3.8) is 0 Å². The number of nitrogens with zero attached hydrogens (tertiary/aromatic N) is 1. The van der Waals surface area contributed by atoms with Gasteiger partial charge in [-0.2, -0.15) is 0 Å². The van der Waals surface area contributed by atoms with Gasteiger partial charge < -0.3 is 15.4 Å². The number of carbonyl (C=O) groups excluding carboxylic acids is 4. The summed E-state index contributed by atoms with van der Waals surface area (Å²) in [6, 6.07) is 18.9. The van der Waals surface area contributed by atoms with Crippen LogP contribution >= 0.6 is 23.2 Å². The van der Waals surface area contributed by atoms with Crippen LogP contribution in [0.3, 0.4) is 0 Å². The largest absolute Gasteiger partial charge is 0.462 e. The van der Waals surface area contributed by atoms with E-state index in [9.17, 15) is 19.2 Å². The molecule has 0 bridgehead atoms. The Kier molecular flexibility index (Phi) is 7.38. The zero-order chi connectivity index (χ0) is 25.8. The van der Waals surface area contributed by atoms with E-state index in [1.165, 1.54) is 18.2 Å². The van der Waals surface area contributed by atoms with Gasteiger partial charge >= 0.3 is 5.97 Å². The van der Waals surface area contributed by atoms with E-state index in [0.29, 0.717) is 22.0 Å². The average Bonchev–Trinajstić information content (AvgIpc) is 3.07. The second-order valence-electron chi connectivity index (χ2n) is 7.58. The number of carbonyl (C=O) groups is 4. The molecule has 0 saturated carbocycles. The average molecular weight is 524 g/mol. The van der Waals surface area contributed by atoms with E-state index in [4.69, 9.17) is 27.9 Å². The molecule has 3 amide bonds. The first kappa shape index (κ1) is 25.0. The smallest absolute Gasteiger partial charge is 0.338 e. The number of rotatable bonds is 7. The predicted molar refractivity (Wildman–Crippen MR) is 137 cm³/mol. The van der Waals surface area contributed by atoms with E-state index in [1.54, 1.807) is 61.5 Å². The number of halogens is 2. The topological polar surface area (TPSA) is 105 Å². The molecular weight excluding hydrogens is 505 g/mol. The van der Waals surface area contributed by atoms with Crippen LogP contribution in [0.15, 0.2) is 83.5 Å². The molecule has 1 heterocycles. The van der Waals surface area contributed by atoms with E-state index in [-0.39, 0.29) is 28.6 Å². The van der Waals surface area contributed by atoms with Crippen LogP contribution in [0.2, 0.25) is 5.02 Å². The Morgan fingerprint density at radius 3 is 2.25 bits per heavy atom. The number of hydrogen-bond donors (Lipinski definition) is 2. The van der Waals surface area contributed by atoms with Gasteiger partial charge in [-0.3, -0.25) is 14.4 Å². The normalized spacial score (nSPS) is 13.1. The van der Waals surface area contributed by atoms with Gasteiger partial charge in [0, 0.05) is 22.0 Å². The molecule has 0 unspecified atom stereocenters. The summed E-state index contributed by atoms with van der Waals surface area (Å²) in [6.45, 7) is 1.94. The third-order valence-corrected chi connectivity index (χ3v) is 5.71. The van der Waals surface area contributed by atoms with Gasteiger partial charge in [0.2, 0.25) is 0 Å². The Hall–Kier alpha value is -4.14. The Morgan fingerprint density at radius 1 is 0.861 bits per heavy atom. The molecule has 182 valence electrons. The molecule has 36 heavy (non-hydrogen) atoms. The van der Waals surface area contributed by atoms with Gasteiger partial charge in [-0.25, -0.2) is 9.69 Å². The lowest BCUT2D eigenvalue weighted by Gasteiger charge is -2.15. The molecule has 1 aliphatic rings. The van der Waals surface area contributed by atoms with Crippen LogP contribution in [-0.4, -0.2) is 30.3 Å². The highest BCUT2D eigenvalue weighted by atomic mass is 35.5. The predicted octanol–water partition coefficient (Wildman–Crippen LogP) is 5.20. The minimum atomic E-state index is -0.693. The minimum absolute atomic E-state index is 0.124. The molecule has 4 rings (SSSR count). The molecule has 0 aromatic heterocycles. The molecule has 1 aliphatic heterocycles. The molecule has 0 aliphatic carbocycles. The van der Waals surface area contributed by atoms with Gasteiger partial charge in [-0.05, 0) is 61.5 Å². The van der Waals surface area contributed by atoms with Crippen molar-refractivity contribution in [3.8, 4) is 0 Å². The number of benzene rings is 3. The summed E-state index contributed by atoms with van der Waals surface area (Å²) >= 11 is 12.2. The summed E-state index contributed by atoms with van der Waals surface area (Å²) in [5.41, 5.74) is 1.50. The molecular formula is C26H19Cl2N3O5. The van der Waals surface area contributed by atoms with Crippen molar-refractivity contribution in [1.29, 1.82) is 0 Å². The van der Waals surface area contributed by atoms with Gasteiger partial charge in [-0.15, -0.1) is 0 Å². The molecule has 8 nitrogen and oxygen atoms in total. The summed E-state index contributed by atoms with van der Waals surface area (Å²) in [5.74, 6) is -2.29. The summed E-state index contributed by atoms with van der Waals surface area (Å²) in [7, 11) is 0. The van der Waals surface area contributed by atoms with Crippen molar-refractivity contribution in [2.45, 2.75) is 6.92 Å². The Labute approximate surface area is 216 Å². The van der Waals surface area contributed by atoms with Crippen molar-refractivity contribution >= 4 is 64.0 Å². The molecule has 3 aromatic carbocycles. The first-order valence-electron chi connectivity index (χ1n) is 10.8. The third-order valence-electron chi connectivity index (χ3n) is 5.12. The molecule has 0 spiro atoms. The fraction of sp³-hybridized carbons (Fsp3) is 0.0769. The van der Waals surface area contributed by atoms with Crippen LogP contribution in [0.1, 0.15) is 27.6 Å². The zero-order valence-electron chi connectivity index (χ0n) is 18.9. The van der Waals surface area contributed by atoms with Crippen molar-refractivity contribution in [1.82, 2.24) is 0 Å². The highest BCUT2D eigenvalue weighted by Crippen LogP contribution is 2.31. The lowest BCUT2D eigenvalue weighted by molar-refractivity contribution is -0.120. The Morgan fingerprint density at radius 2 is 1.53 bits per heavy atom. The monoisotopic (exact) mass is 523 g/mol. The quantitative estimate of drug-likeness (QED) is 0.325. The van der Waals surface area contributed by atoms with Gasteiger partial charge in [0.05, 0.1) is 17.9 Å². The number of esters is 1. The van der Waals surface area contributed by atoms with E-state index in [1.807, 2.05) is 0 Å². The molecule has 10 heteroatoms. The van der Waals surface area contributed by atoms with Gasteiger partial charge in [0.1, 0.15) is 10.7 Å². The lowest BCUT2D eigenvalue weighted by Crippen LogP contribution is -2.32. The number of amides is 3. The SMILES string of the molecule is CCOC(=O)c1cccc(NC(=O)c2cccc(NC3=C(Cl)C(=O)N(c4cccc(Cl)c4)C3=O)c2)c1. The zero-order valence-corrected chi connectivity index (χ0v) is 20.4. The Balaban J connectivity index is 1.51. The number of ether oxygens (including phenoxy) is 1. The number of hydrogen-bond acceptors (Lipinski definition) is 6. The highest BCUT2D eigenvalue weighted by Gasteiger charge is 2.39. The maximum absolute atomic E-state index is 13.0. The number of anilines is 3. The fourth-order valence-corrected chi connectivity index (χ4v) is 3.88. The first-order chi connectivity index (χ1) is 17.3. The summed E-state index contributed by atoms with van der Waals surface area (Å²) in [5, 5.41) is 5.64. The molecule has 0 radical (unpaired) electrons. The summed E-state index contributed by atoms with van der Waals surface area (Å²) in [6.07, 6.45) is 0. The van der Waals surface area contributed by atoms with Crippen LogP contribution in [0.4, 0.5) is 17.1 Å². The third kappa shape index (κ3) is 5.25. The molecule has 0 saturated heterocycles. The van der Waals surface area contributed by atoms with E-state index in [2.05, 4.69) is 10.6 Å². The van der Waals surface area contributed by atoms with E-state index in [0.717, 1.165) is 4.90 Å². The van der Waals surface area contributed by atoms with Crippen LogP contribution < -0.4 is 15.5 Å². The number of imide groups is 1. The molecule has 0 atom stereocenters. The highest BCUT2D eigenvalue weighted by molar-refractivity contribution is 6.53. The summed E-state index contributed by atoms with van der Waals surface area (Å²) < 4.78 is 4.98. The maximum atomic E-state index is 13.0. The second kappa shape index (κ2) is 10.6.